The number of nitrogens with zero attached hydrogens (tertiary/aromatic N) is 2. The Balaban J connectivity index is 2.48. The molecule has 0 bridgehead atoms. The summed E-state index contributed by atoms with van der Waals surface area (Å²) in [6.45, 7) is 6.42. The highest BCUT2D eigenvalue weighted by Gasteiger charge is 2.09. The number of rotatable bonds is 3. The molecule has 2 aromatic rings. The Labute approximate surface area is 107 Å². The summed E-state index contributed by atoms with van der Waals surface area (Å²) in [6, 6.07) is 7.73. The molecule has 0 fully saturated rings. The van der Waals surface area contributed by atoms with E-state index in [-0.39, 0.29) is 0 Å². The number of nitrogens with two attached hydrogens (primary N) is 1. The van der Waals surface area contributed by atoms with Crippen LogP contribution in [0.25, 0.3) is 11.3 Å². The Hall–Kier alpha value is -2.10. The van der Waals surface area contributed by atoms with Crippen LogP contribution in [0.2, 0.25) is 0 Å². The lowest BCUT2D eigenvalue weighted by Crippen LogP contribution is -2.02. The molecule has 0 aliphatic heterocycles. The molecule has 0 unspecified atom stereocenters. The fourth-order valence-electron chi connectivity index (χ4n) is 1.73. The highest BCUT2D eigenvalue weighted by molar-refractivity contribution is 5.71. The lowest BCUT2D eigenvalue weighted by atomic mass is 10.1. The maximum absolute atomic E-state index is 5.93. The summed E-state index contributed by atoms with van der Waals surface area (Å²) in [5, 5.41) is 0. The van der Waals surface area contributed by atoms with Crippen molar-refractivity contribution in [3.05, 3.63) is 35.7 Å². The number of ether oxygens (including phenoxy) is 1. The molecule has 1 heterocycles. The van der Waals surface area contributed by atoms with E-state index in [9.17, 15) is 0 Å². The molecule has 18 heavy (non-hydrogen) atoms. The van der Waals surface area contributed by atoms with Crippen LogP contribution in [0.1, 0.15) is 18.3 Å². The van der Waals surface area contributed by atoms with Gasteiger partial charge in [0.1, 0.15) is 17.3 Å². The molecule has 1 aromatic heterocycles. The van der Waals surface area contributed by atoms with Crippen molar-refractivity contribution in [3.63, 3.8) is 0 Å². The molecular weight excluding hydrogens is 226 g/mol. The van der Waals surface area contributed by atoms with Crippen LogP contribution in [0, 0.1) is 13.8 Å². The molecule has 0 aliphatic carbocycles. The minimum Gasteiger partial charge on any atom is -0.494 e. The van der Waals surface area contributed by atoms with Gasteiger partial charge in [-0.05, 0) is 32.9 Å². The summed E-state index contributed by atoms with van der Waals surface area (Å²) in [6.07, 6.45) is 0. The number of hydrogen-bond acceptors (Lipinski definition) is 4. The Bertz CT molecular complexity index is 567. The molecule has 0 radical (unpaired) electrons. The van der Waals surface area contributed by atoms with E-state index in [1.807, 2.05) is 45.0 Å². The first-order chi connectivity index (χ1) is 8.61. The Morgan fingerprint density at radius 1 is 1.17 bits per heavy atom. The smallest absolute Gasteiger partial charge is 0.150 e. The Morgan fingerprint density at radius 2 is 1.89 bits per heavy atom. The zero-order valence-corrected chi connectivity index (χ0v) is 10.9. The van der Waals surface area contributed by atoms with Gasteiger partial charge < -0.3 is 10.5 Å². The zero-order chi connectivity index (χ0) is 13.1. The first-order valence-electron chi connectivity index (χ1n) is 5.95. The van der Waals surface area contributed by atoms with E-state index in [1.165, 1.54) is 0 Å². The van der Waals surface area contributed by atoms with Gasteiger partial charge in [-0.3, -0.25) is 0 Å². The summed E-state index contributed by atoms with van der Waals surface area (Å²) in [5.74, 6) is 1.26. The van der Waals surface area contributed by atoms with E-state index in [0.29, 0.717) is 18.1 Å². The number of benzene rings is 1. The van der Waals surface area contributed by atoms with Crippen molar-refractivity contribution in [3.8, 4) is 17.0 Å². The number of hydrogen-bond donors (Lipinski definition) is 1. The van der Waals surface area contributed by atoms with Crippen LogP contribution >= 0.6 is 0 Å². The van der Waals surface area contributed by atoms with Crippen LogP contribution in [-0.4, -0.2) is 16.6 Å². The summed E-state index contributed by atoms with van der Waals surface area (Å²) in [5.41, 5.74) is 9.31. The van der Waals surface area contributed by atoms with Crippen LogP contribution in [-0.2, 0) is 0 Å². The summed E-state index contributed by atoms with van der Waals surface area (Å²) < 4.78 is 5.47. The first-order valence-corrected chi connectivity index (χ1v) is 5.95. The van der Waals surface area contributed by atoms with Gasteiger partial charge in [0.05, 0.1) is 18.0 Å². The normalized spacial score (nSPS) is 10.4. The van der Waals surface area contributed by atoms with Gasteiger partial charge in [0.2, 0.25) is 0 Å². The molecule has 0 aliphatic rings. The van der Waals surface area contributed by atoms with Crippen molar-refractivity contribution in [2.24, 2.45) is 0 Å². The van der Waals surface area contributed by atoms with Gasteiger partial charge in [-0.25, -0.2) is 9.97 Å². The molecule has 4 heteroatoms. The standard InChI is InChI=1S/C14H17N3O/c1-4-18-12-7-5-6-11(8-12)13-14(15)17-10(3)9(2)16-13/h5-8H,4H2,1-3H3,(H2,15,17). The first kappa shape index (κ1) is 12.4. The molecule has 0 saturated heterocycles. The number of nitrogen functional groups attached to an aromatic ring is 1. The fourth-order valence-corrected chi connectivity index (χ4v) is 1.73. The molecule has 0 spiro atoms. The lowest BCUT2D eigenvalue weighted by molar-refractivity contribution is 0.340. The molecular formula is C14H17N3O. The second-order valence-electron chi connectivity index (χ2n) is 4.09. The third-order valence-corrected chi connectivity index (χ3v) is 2.75. The van der Waals surface area contributed by atoms with Gasteiger partial charge in [-0.15, -0.1) is 0 Å². The minimum atomic E-state index is 0.451. The van der Waals surface area contributed by atoms with E-state index < -0.39 is 0 Å². The third kappa shape index (κ3) is 2.42. The van der Waals surface area contributed by atoms with Crippen molar-refractivity contribution >= 4 is 5.82 Å². The number of aryl methyl sites for hydroxylation is 2. The highest BCUT2D eigenvalue weighted by atomic mass is 16.5. The summed E-state index contributed by atoms with van der Waals surface area (Å²) >= 11 is 0. The van der Waals surface area contributed by atoms with Crippen molar-refractivity contribution in [2.75, 3.05) is 12.3 Å². The summed E-state index contributed by atoms with van der Waals surface area (Å²) in [4.78, 5) is 8.80. The molecule has 2 rings (SSSR count). The maximum atomic E-state index is 5.93. The second kappa shape index (κ2) is 5.04. The quantitative estimate of drug-likeness (QED) is 0.900. The van der Waals surface area contributed by atoms with Crippen LogP contribution < -0.4 is 10.5 Å². The van der Waals surface area contributed by atoms with Gasteiger partial charge in [-0.1, -0.05) is 12.1 Å². The van der Waals surface area contributed by atoms with E-state index in [1.54, 1.807) is 0 Å². The lowest BCUT2D eigenvalue weighted by Gasteiger charge is -2.09. The monoisotopic (exact) mass is 243 g/mol. The maximum Gasteiger partial charge on any atom is 0.150 e. The summed E-state index contributed by atoms with van der Waals surface area (Å²) in [7, 11) is 0. The number of anilines is 1. The SMILES string of the molecule is CCOc1cccc(-c2nc(C)c(C)nc2N)c1. The predicted molar refractivity (Wildman–Crippen MR) is 72.5 cm³/mol. The average Bonchev–Trinajstić information content (AvgIpc) is 2.34. The zero-order valence-electron chi connectivity index (χ0n) is 10.9. The molecule has 94 valence electrons. The van der Waals surface area contributed by atoms with Crippen molar-refractivity contribution in [1.29, 1.82) is 0 Å². The topological polar surface area (TPSA) is 61.0 Å². The van der Waals surface area contributed by atoms with Crippen molar-refractivity contribution in [2.45, 2.75) is 20.8 Å². The van der Waals surface area contributed by atoms with Gasteiger partial charge in [0.25, 0.3) is 0 Å². The molecule has 0 atom stereocenters. The van der Waals surface area contributed by atoms with Crippen molar-refractivity contribution < 1.29 is 4.74 Å². The van der Waals surface area contributed by atoms with E-state index in [4.69, 9.17) is 10.5 Å². The molecule has 4 nitrogen and oxygen atoms in total. The van der Waals surface area contributed by atoms with Gasteiger partial charge in [0, 0.05) is 5.56 Å². The van der Waals surface area contributed by atoms with Crippen LogP contribution in [0.4, 0.5) is 5.82 Å². The van der Waals surface area contributed by atoms with E-state index in [0.717, 1.165) is 22.7 Å². The molecule has 2 N–H and O–H groups in total. The number of aromatic nitrogens is 2. The Kier molecular flexibility index (Phi) is 3.46. The van der Waals surface area contributed by atoms with E-state index in [2.05, 4.69) is 9.97 Å². The van der Waals surface area contributed by atoms with Crippen LogP contribution in [0.3, 0.4) is 0 Å². The van der Waals surface area contributed by atoms with Crippen LogP contribution in [0.15, 0.2) is 24.3 Å². The minimum absolute atomic E-state index is 0.451. The highest BCUT2D eigenvalue weighted by Crippen LogP contribution is 2.26. The average molecular weight is 243 g/mol. The Morgan fingerprint density at radius 3 is 2.61 bits per heavy atom. The van der Waals surface area contributed by atoms with Gasteiger partial charge >= 0.3 is 0 Å². The molecule has 1 aromatic carbocycles. The van der Waals surface area contributed by atoms with Crippen LogP contribution in [0.5, 0.6) is 5.75 Å². The third-order valence-electron chi connectivity index (χ3n) is 2.75. The largest absolute Gasteiger partial charge is 0.494 e. The molecule has 0 amide bonds. The molecule has 0 saturated carbocycles. The predicted octanol–water partition coefficient (Wildman–Crippen LogP) is 2.74. The van der Waals surface area contributed by atoms with Gasteiger partial charge in [0.15, 0.2) is 0 Å². The fraction of sp³-hybridized carbons (Fsp3) is 0.286. The van der Waals surface area contributed by atoms with Gasteiger partial charge in [-0.2, -0.15) is 0 Å². The van der Waals surface area contributed by atoms with Crippen molar-refractivity contribution in [1.82, 2.24) is 9.97 Å². The second-order valence-corrected chi connectivity index (χ2v) is 4.09. The van der Waals surface area contributed by atoms with E-state index >= 15 is 0 Å².